The van der Waals surface area contributed by atoms with Gasteiger partial charge in [-0.15, -0.1) is 0 Å². The molecule has 0 aliphatic heterocycles. The highest BCUT2D eigenvalue weighted by Gasteiger charge is 2.12. The van der Waals surface area contributed by atoms with Crippen LogP contribution < -0.4 is 0 Å². The number of likely N-dealkylation sites (N-methyl/N-ethyl adjacent to an activating group) is 2. The van der Waals surface area contributed by atoms with Crippen molar-refractivity contribution in [3.8, 4) is 0 Å². The second-order valence-corrected chi connectivity index (χ2v) is 7.61. The van der Waals surface area contributed by atoms with Gasteiger partial charge in [0, 0.05) is 40.5 Å². The van der Waals surface area contributed by atoms with Crippen LogP contribution in [0.1, 0.15) is 31.4 Å². The summed E-state index contributed by atoms with van der Waals surface area (Å²) in [6.45, 7) is 4.03. The average molecular weight is 439 g/mol. The second-order valence-electron chi connectivity index (χ2n) is 7.61. The molecule has 0 saturated carbocycles. The van der Waals surface area contributed by atoms with Gasteiger partial charge in [-0.2, -0.15) is 10.2 Å². The summed E-state index contributed by atoms with van der Waals surface area (Å²) in [4.78, 5) is 37.6. The van der Waals surface area contributed by atoms with Crippen LogP contribution in [-0.4, -0.2) is 54.8 Å². The molecule has 0 N–H and O–H groups in total. The van der Waals surface area contributed by atoms with Crippen molar-refractivity contribution >= 4 is 29.2 Å². The van der Waals surface area contributed by atoms with Crippen LogP contribution in [0, 0.1) is 0 Å². The van der Waals surface area contributed by atoms with Crippen LogP contribution in [0.2, 0.25) is 0 Å². The number of rotatable bonds is 10. The molecule has 2 amide bonds. The number of ketones is 1. The van der Waals surface area contributed by atoms with Crippen molar-refractivity contribution in [2.75, 3.05) is 27.2 Å². The molecule has 0 fully saturated rings. The van der Waals surface area contributed by atoms with Crippen molar-refractivity contribution in [1.29, 1.82) is 0 Å². The first-order valence-corrected chi connectivity index (χ1v) is 10.4. The normalized spacial score (nSPS) is 10.8. The van der Waals surface area contributed by atoms with Crippen LogP contribution in [0.4, 0.5) is 16.2 Å². The molecule has 2 aromatic rings. The quantitative estimate of drug-likeness (QED) is 0.504. The van der Waals surface area contributed by atoms with Crippen LogP contribution in [0.3, 0.4) is 0 Å². The van der Waals surface area contributed by atoms with E-state index in [-0.39, 0.29) is 18.3 Å². The number of carbonyl (C=O) groups is 3. The van der Waals surface area contributed by atoms with Crippen molar-refractivity contribution < 1.29 is 19.1 Å². The Morgan fingerprint density at radius 1 is 0.875 bits per heavy atom. The van der Waals surface area contributed by atoms with Gasteiger partial charge in [0.2, 0.25) is 5.91 Å². The highest BCUT2D eigenvalue weighted by molar-refractivity contribution is 5.76. The first-order valence-electron chi connectivity index (χ1n) is 10.4. The number of benzene rings is 2. The van der Waals surface area contributed by atoms with Crippen LogP contribution in [0.25, 0.3) is 0 Å². The van der Waals surface area contributed by atoms with Crippen LogP contribution in [0.5, 0.6) is 0 Å². The van der Waals surface area contributed by atoms with Crippen molar-refractivity contribution in [2.45, 2.75) is 33.3 Å². The number of amides is 2. The second kappa shape index (κ2) is 12.3. The van der Waals surface area contributed by atoms with E-state index in [2.05, 4.69) is 10.2 Å². The van der Waals surface area contributed by atoms with Crippen LogP contribution in [-0.2, 0) is 27.4 Å². The van der Waals surface area contributed by atoms with Gasteiger partial charge >= 0.3 is 6.09 Å². The number of aryl methyl sites for hydroxylation is 1. The third-order valence-corrected chi connectivity index (χ3v) is 4.93. The average Bonchev–Trinajstić information content (AvgIpc) is 2.78. The summed E-state index contributed by atoms with van der Waals surface area (Å²) in [5.74, 6) is 0.0891. The van der Waals surface area contributed by atoms with Crippen molar-refractivity contribution in [1.82, 2.24) is 9.80 Å². The third kappa shape index (κ3) is 8.29. The minimum atomic E-state index is -0.451. The Labute approximate surface area is 188 Å². The van der Waals surface area contributed by atoms with Gasteiger partial charge in [0.1, 0.15) is 12.4 Å². The van der Waals surface area contributed by atoms with E-state index in [0.29, 0.717) is 31.6 Å². The van der Waals surface area contributed by atoms with Crippen molar-refractivity contribution in [3.63, 3.8) is 0 Å². The first kappa shape index (κ1) is 24.7. The molecule has 8 nitrogen and oxygen atoms in total. The van der Waals surface area contributed by atoms with E-state index in [9.17, 15) is 14.4 Å². The molecule has 0 spiro atoms. The smallest absolute Gasteiger partial charge is 0.409 e. The van der Waals surface area contributed by atoms with Gasteiger partial charge in [-0.1, -0.05) is 30.3 Å². The highest BCUT2D eigenvalue weighted by atomic mass is 16.6. The summed E-state index contributed by atoms with van der Waals surface area (Å²) in [7, 11) is 3.32. The monoisotopic (exact) mass is 438 g/mol. The number of hydrogen-bond acceptors (Lipinski definition) is 6. The number of carbonyl (C=O) groups excluding carboxylic acids is 3. The van der Waals surface area contributed by atoms with Gasteiger partial charge in [0.25, 0.3) is 0 Å². The topological polar surface area (TPSA) is 91.6 Å². The van der Waals surface area contributed by atoms with E-state index in [1.165, 1.54) is 11.8 Å². The summed E-state index contributed by atoms with van der Waals surface area (Å²) in [6, 6.07) is 14.9. The maximum Gasteiger partial charge on any atom is 0.409 e. The zero-order valence-corrected chi connectivity index (χ0v) is 19.1. The van der Waals surface area contributed by atoms with Gasteiger partial charge < -0.3 is 19.3 Å². The summed E-state index contributed by atoms with van der Waals surface area (Å²) in [6.07, 6.45) is 0.657. The van der Waals surface area contributed by atoms with E-state index in [1.807, 2.05) is 36.4 Å². The lowest BCUT2D eigenvalue weighted by molar-refractivity contribution is -0.127. The molecule has 2 rings (SSSR count). The minimum absolute atomic E-state index is 0.0523. The first-order chi connectivity index (χ1) is 15.3. The zero-order chi connectivity index (χ0) is 23.5. The molecule has 8 heteroatoms. The summed E-state index contributed by atoms with van der Waals surface area (Å²) < 4.78 is 5.32. The number of ether oxygens (including phenoxy) is 1. The van der Waals surface area contributed by atoms with Gasteiger partial charge in [0.15, 0.2) is 0 Å². The fourth-order valence-electron chi connectivity index (χ4n) is 2.70. The Morgan fingerprint density at radius 2 is 1.53 bits per heavy atom. The fourth-order valence-corrected chi connectivity index (χ4v) is 2.70. The molecule has 0 heterocycles. The highest BCUT2D eigenvalue weighted by Crippen LogP contribution is 2.24. The summed E-state index contributed by atoms with van der Waals surface area (Å²) >= 11 is 0. The molecule has 2 aromatic carbocycles. The van der Waals surface area contributed by atoms with Gasteiger partial charge in [-0.25, -0.2) is 4.79 Å². The maximum absolute atomic E-state index is 12.1. The number of azo groups is 1. The molecule has 0 unspecified atom stereocenters. The van der Waals surface area contributed by atoms with Gasteiger partial charge in [-0.05, 0) is 42.7 Å². The Balaban J connectivity index is 1.88. The van der Waals surface area contributed by atoms with Gasteiger partial charge in [-0.3, -0.25) is 4.79 Å². The zero-order valence-electron chi connectivity index (χ0n) is 19.1. The standard InChI is InChI=1S/C24H30N4O4/c1-18(29)9-12-21-7-5-6-8-23(21)26-25-22-13-10-20(11-14-22)17-32-24(31)28(4)16-15-27(3)19(2)30/h5-8,10-11,13-14H,9,12,15-17H2,1-4H3/b26-25+. The molecule has 0 aliphatic rings. The van der Waals surface area contributed by atoms with Crippen molar-refractivity contribution in [2.24, 2.45) is 10.2 Å². The van der Waals surface area contributed by atoms with Crippen LogP contribution in [0.15, 0.2) is 58.8 Å². The molecule has 32 heavy (non-hydrogen) atoms. The predicted molar refractivity (Wildman–Crippen MR) is 122 cm³/mol. The van der Waals surface area contributed by atoms with E-state index in [0.717, 1.165) is 16.8 Å². The Bertz CT molecular complexity index is 957. The molecule has 0 aromatic heterocycles. The lowest BCUT2D eigenvalue weighted by Crippen LogP contribution is -2.36. The molecular formula is C24H30N4O4. The molecule has 0 atom stereocenters. The summed E-state index contributed by atoms with van der Waals surface area (Å²) in [5.41, 5.74) is 3.22. The predicted octanol–water partition coefficient (Wildman–Crippen LogP) is 4.67. The molecule has 170 valence electrons. The van der Waals surface area contributed by atoms with E-state index in [4.69, 9.17) is 4.74 Å². The van der Waals surface area contributed by atoms with E-state index < -0.39 is 6.09 Å². The van der Waals surface area contributed by atoms with Crippen molar-refractivity contribution in [3.05, 3.63) is 59.7 Å². The molecule has 0 aliphatic carbocycles. The van der Waals surface area contributed by atoms with E-state index in [1.54, 1.807) is 38.1 Å². The maximum atomic E-state index is 12.1. The Morgan fingerprint density at radius 3 is 2.19 bits per heavy atom. The molecule has 0 radical (unpaired) electrons. The number of hydrogen-bond donors (Lipinski definition) is 0. The lowest BCUT2D eigenvalue weighted by Gasteiger charge is -2.21. The Hall–Kier alpha value is -3.55. The molecule has 0 saturated heterocycles. The van der Waals surface area contributed by atoms with Gasteiger partial charge in [0.05, 0.1) is 11.4 Å². The van der Waals surface area contributed by atoms with E-state index >= 15 is 0 Å². The Kier molecular flexibility index (Phi) is 9.53. The molecule has 0 bridgehead atoms. The third-order valence-electron chi connectivity index (χ3n) is 4.93. The number of nitrogens with zero attached hydrogens (tertiary/aromatic N) is 4. The number of Topliss-reactive ketones (excluding diaryl/α,β-unsaturated/α-hetero) is 1. The lowest BCUT2D eigenvalue weighted by atomic mass is 10.1. The largest absolute Gasteiger partial charge is 0.445 e. The summed E-state index contributed by atoms with van der Waals surface area (Å²) in [5, 5.41) is 8.60. The fraction of sp³-hybridized carbons (Fsp3) is 0.375. The minimum Gasteiger partial charge on any atom is -0.445 e. The SMILES string of the molecule is CC(=O)CCc1ccccc1/N=N/c1ccc(COC(=O)N(C)CCN(C)C(C)=O)cc1. The van der Waals surface area contributed by atoms with Crippen LogP contribution >= 0.6 is 0 Å². The molecular weight excluding hydrogens is 408 g/mol.